The normalized spacial score (nSPS) is 12.0. The van der Waals surface area contributed by atoms with Gasteiger partial charge in [0.1, 0.15) is 0 Å². The van der Waals surface area contributed by atoms with Gasteiger partial charge in [-0.3, -0.25) is 14.5 Å². The Morgan fingerprint density at radius 1 is 1.19 bits per heavy atom. The standard InChI is InChI=1S/C22H26N4O/c1-5-21(20-7-6-12-23-14-20)25(4)22(27)19-10-8-18(9-11-19)15-26-17(3)13-16(2)24-26/h6-14,21H,5,15H2,1-4H3. The van der Waals surface area contributed by atoms with E-state index in [4.69, 9.17) is 0 Å². The van der Waals surface area contributed by atoms with Crippen molar-refractivity contribution in [1.29, 1.82) is 0 Å². The molecular formula is C22H26N4O. The SMILES string of the molecule is CCC(c1cccnc1)N(C)C(=O)c1ccc(Cn2nc(C)cc2C)cc1. The second kappa shape index (κ2) is 8.16. The summed E-state index contributed by atoms with van der Waals surface area (Å²) in [4.78, 5) is 18.9. The Kier molecular flexibility index (Phi) is 5.69. The number of rotatable bonds is 6. The van der Waals surface area contributed by atoms with Gasteiger partial charge in [0.25, 0.3) is 5.91 Å². The Labute approximate surface area is 160 Å². The highest BCUT2D eigenvalue weighted by Gasteiger charge is 2.21. The summed E-state index contributed by atoms with van der Waals surface area (Å²) in [5, 5.41) is 4.49. The van der Waals surface area contributed by atoms with Crippen LogP contribution in [0.25, 0.3) is 0 Å². The quantitative estimate of drug-likeness (QED) is 0.661. The molecule has 3 rings (SSSR count). The highest BCUT2D eigenvalue weighted by atomic mass is 16.2. The molecule has 1 atom stereocenters. The first kappa shape index (κ1) is 18.8. The molecule has 2 heterocycles. The molecule has 0 aliphatic carbocycles. The Morgan fingerprint density at radius 2 is 1.93 bits per heavy atom. The zero-order chi connectivity index (χ0) is 19.4. The molecule has 5 heteroatoms. The van der Waals surface area contributed by atoms with Gasteiger partial charge in [-0.25, -0.2) is 0 Å². The monoisotopic (exact) mass is 362 g/mol. The fourth-order valence-electron chi connectivity index (χ4n) is 3.41. The first-order valence-corrected chi connectivity index (χ1v) is 9.26. The van der Waals surface area contributed by atoms with Crippen molar-refractivity contribution in [3.05, 3.63) is 82.9 Å². The molecule has 0 fully saturated rings. The summed E-state index contributed by atoms with van der Waals surface area (Å²) in [5.74, 6) is 0.0170. The number of hydrogen-bond donors (Lipinski definition) is 0. The van der Waals surface area contributed by atoms with Crippen molar-refractivity contribution in [2.24, 2.45) is 0 Å². The molecule has 0 N–H and O–H groups in total. The first-order valence-electron chi connectivity index (χ1n) is 9.26. The van der Waals surface area contributed by atoms with E-state index in [0.29, 0.717) is 12.1 Å². The van der Waals surface area contributed by atoms with Gasteiger partial charge in [0, 0.05) is 30.7 Å². The number of benzene rings is 1. The van der Waals surface area contributed by atoms with Gasteiger partial charge in [-0.05, 0) is 55.7 Å². The van der Waals surface area contributed by atoms with Gasteiger partial charge in [-0.2, -0.15) is 5.10 Å². The van der Waals surface area contributed by atoms with Crippen LogP contribution in [0.5, 0.6) is 0 Å². The third-order valence-electron chi connectivity index (χ3n) is 4.88. The third kappa shape index (κ3) is 4.25. The van der Waals surface area contributed by atoms with Crippen molar-refractivity contribution >= 4 is 5.91 Å². The summed E-state index contributed by atoms with van der Waals surface area (Å²) < 4.78 is 1.98. The maximum Gasteiger partial charge on any atom is 0.254 e. The smallest absolute Gasteiger partial charge is 0.254 e. The zero-order valence-corrected chi connectivity index (χ0v) is 16.4. The van der Waals surface area contributed by atoms with E-state index in [1.807, 2.05) is 61.2 Å². The van der Waals surface area contributed by atoms with Crippen molar-refractivity contribution in [3.8, 4) is 0 Å². The fourth-order valence-corrected chi connectivity index (χ4v) is 3.41. The third-order valence-corrected chi connectivity index (χ3v) is 4.88. The Bertz CT molecular complexity index is 900. The number of amides is 1. The topological polar surface area (TPSA) is 51.0 Å². The molecular weight excluding hydrogens is 336 g/mol. The van der Waals surface area contributed by atoms with Gasteiger partial charge in [0.15, 0.2) is 0 Å². The van der Waals surface area contributed by atoms with Gasteiger partial charge >= 0.3 is 0 Å². The van der Waals surface area contributed by atoms with Crippen LogP contribution >= 0.6 is 0 Å². The summed E-state index contributed by atoms with van der Waals surface area (Å²) in [7, 11) is 1.85. The van der Waals surface area contributed by atoms with Gasteiger partial charge in [-0.1, -0.05) is 25.1 Å². The Hall–Kier alpha value is -2.95. The molecule has 1 unspecified atom stereocenters. The van der Waals surface area contributed by atoms with Crippen LogP contribution in [0.3, 0.4) is 0 Å². The second-order valence-corrected chi connectivity index (χ2v) is 6.91. The zero-order valence-electron chi connectivity index (χ0n) is 16.4. The van der Waals surface area contributed by atoms with E-state index in [-0.39, 0.29) is 11.9 Å². The number of nitrogens with zero attached hydrogens (tertiary/aromatic N) is 4. The van der Waals surface area contributed by atoms with Crippen LogP contribution in [0, 0.1) is 13.8 Å². The molecule has 0 saturated heterocycles. The van der Waals surface area contributed by atoms with E-state index in [2.05, 4.69) is 30.0 Å². The molecule has 2 aromatic heterocycles. The average molecular weight is 362 g/mol. The van der Waals surface area contributed by atoms with Crippen molar-refractivity contribution in [2.45, 2.75) is 39.8 Å². The lowest BCUT2D eigenvalue weighted by atomic mass is 10.0. The molecule has 27 heavy (non-hydrogen) atoms. The van der Waals surface area contributed by atoms with Crippen LogP contribution in [-0.2, 0) is 6.54 Å². The van der Waals surface area contributed by atoms with Crippen LogP contribution in [0.15, 0.2) is 54.9 Å². The van der Waals surface area contributed by atoms with E-state index in [0.717, 1.165) is 28.9 Å². The molecule has 0 spiro atoms. The van der Waals surface area contributed by atoms with Gasteiger partial charge in [0.05, 0.1) is 18.3 Å². The summed E-state index contributed by atoms with van der Waals surface area (Å²) in [6, 6.07) is 13.8. The fraction of sp³-hybridized carbons (Fsp3) is 0.318. The van der Waals surface area contributed by atoms with Crippen LogP contribution in [0.2, 0.25) is 0 Å². The van der Waals surface area contributed by atoms with Crippen molar-refractivity contribution in [3.63, 3.8) is 0 Å². The van der Waals surface area contributed by atoms with Crippen LogP contribution in [0.4, 0.5) is 0 Å². The molecule has 1 amide bonds. The molecule has 1 aromatic carbocycles. The molecule has 0 aliphatic heterocycles. The summed E-state index contributed by atoms with van der Waals surface area (Å²) in [5.41, 5.74) is 5.02. The second-order valence-electron chi connectivity index (χ2n) is 6.91. The predicted octanol–water partition coefficient (Wildman–Crippen LogP) is 4.17. The minimum absolute atomic E-state index is 0.0144. The van der Waals surface area contributed by atoms with Crippen molar-refractivity contribution < 1.29 is 4.79 Å². The van der Waals surface area contributed by atoms with Gasteiger partial charge in [-0.15, -0.1) is 0 Å². The van der Waals surface area contributed by atoms with Crippen molar-refractivity contribution in [1.82, 2.24) is 19.7 Å². The lowest BCUT2D eigenvalue weighted by Gasteiger charge is -2.27. The van der Waals surface area contributed by atoms with Crippen LogP contribution in [0.1, 0.15) is 52.3 Å². The van der Waals surface area contributed by atoms with Gasteiger partial charge < -0.3 is 4.90 Å². The van der Waals surface area contributed by atoms with E-state index in [9.17, 15) is 4.79 Å². The molecule has 3 aromatic rings. The van der Waals surface area contributed by atoms with E-state index < -0.39 is 0 Å². The maximum atomic E-state index is 12.9. The van der Waals surface area contributed by atoms with E-state index in [1.165, 1.54) is 0 Å². The minimum Gasteiger partial charge on any atom is -0.335 e. The van der Waals surface area contributed by atoms with Crippen LogP contribution in [-0.4, -0.2) is 32.6 Å². The minimum atomic E-state index is 0.0144. The predicted molar refractivity (Wildman–Crippen MR) is 107 cm³/mol. The largest absolute Gasteiger partial charge is 0.335 e. The lowest BCUT2D eigenvalue weighted by molar-refractivity contribution is 0.0726. The summed E-state index contributed by atoms with van der Waals surface area (Å²) in [6.07, 6.45) is 4.42. The van der Waals surface area contributed by atoms with Crippen molar-refractivity contribution in [2.75, 3.05) is 7.05 Å². The number of aromatic nitrogens is 3. The van der Waals surface area contributed by atoms with E-state index >= 15 is 0 Å². The number of aryl methyl sites for hydroxylation is 2. The summed E-state index contributed by atoms with van der Waals surface area (Å²) in [6.45, 7) is 6.83. The molecule has 0 aliphatic rings. The van der Waals surface area contributed by atoms with Gasteiger partial charge in [0.2, 0.25) is 0 Å². The number of carbonyl (C=O) groups excluding carboxylic acids is 1. The number of hydrogen-bond acceptors (Lipinski definition) is 3. The molecule has 140 valence electrons. The highest BCUT2D eigenvalue weighted by molar-refractivity contribution is 5.94. The number of carbonyl (C=O) groups is 1. The highest BCUT2D eigenvalue weighted by Crippen LogP contribution is 2.24. The summed E-state index contributed by atoms with van der Waals surface area (Å²) >= 11 is 0. The molecule has 0 bridgehead atoms. The first-order chi connectivity index (χ1) is 13.0. The lowest BCUT2D eigenvalue weighted by Crippen LogP contribution is -2.31. The van der Waals surface area contributed by atoms with Crippen LogP contribution < -0.4 is 0 Å². The maximum absolute atomic E-state index is 12.9. The number of pyridine rings is 1. The molecule has 0 saturated carbocycles. The molecule has 5 nitrogen and oxygen atoms in total. The Morgan fingerprint density at radius 3 is 2.48 bits per heavy atom. The van der Waals surface area contributed by atoms with E-state index in [1.54, 1.807) is 11.1 Å². The Balaban J connectivity index is 1.74. The average Bonchev–Trinajstić information content (AvgIpc) is 3.00. The molecule has 0 radical (unpaired) electrons.